The van der Waals surface area contributed by atoms with Crippen LogP contribution >= 0.6 is 0 Å². The molecule has 0 spiro atoms. The smallest absolute Gasteiger partial charge is 0.404 e. The van der Waals surface area contributed by atoms with Gasteiger partial charge in [-0.3, -0.25) is 4.79 Å². The van der Waals surface area contributed by atoms with Crippen molar-refractivity contribution < 1.29 is 48.3 Å². The largest absolute Gasteiger partial charge is 0.508 e. The minimum atomic E-state index is -1.51. The van der Waals surface area contributed by atoms with E-state index < -0.39 is 59.3 Å². The number of hydrogen-bond donors (Lipinski definition) is 5. The minimum Gasteiger partial charge on any atom is -0.508 e. The molecule has 13 nitrogen and oxygen atoms in total. The fraction of sp³-hybridized carbons (Fsp3) is 0.346. The third-order valence-corrected chi connectivity index (χ3v) is 6.38. The van der Waals surface area contributed by atoms with Gasteiger partial charge in [0.25, 0.3) is 5.91 Å². The van der Waals surface area contributed by atoms with Crippen LogP contribution in [0.15, 0.2) is 45.6 Å². The van der Waals surface area contributed by atoms with E-state index in [1.165, 1.54) is 43.5 Å². The van der Waals surface area contributed by atoms with Crippen LogP contribution in [0.1, 0.15) is 29.8 Å². The van der Waals surface area contributed by atoms with E-state index in [0.29, 0.717) is 0 Å². The second-order valence-electron chi connectivity index (χ2n) is 9.44. The summed E-state index contributed by atoms with van der Waals surface area (Å²) in [5.74, 6) is -1.16. The average Bonchev–Trinajstić information content (AvgIpc) is 2.86. The molecule has 4 rings (SSSR count). The molecule has 39 heavy (non-hydrogen) atoms. The number of primary amides is 1. The second kappa shape index (κ2) is 10.4. The zero-order chi connectivity index (χ0) is 28.6. The lowest BCUT2D eigenvalue weighted by Gasteiger charge is -2.47. The maximum atomic E-state index is 12.7. The Kier molecular flexibility index (Phi) is 7.41. The normalized spacial score (nSPS) is 22.3. The van der Waals surface area contributed by atoms with E-state index in [9.17, 15) is 29.7 Å². The van der Waals surface area contributed by atoms with Gasteiger partial charge in [-0.25, -0.2) is 9.59 Å². The highest BCUT2D eigenvalue weighted by molar-refractivity contribution is 6.06. The molecule has 1 aliphatic heterocycles. The third-order valence-electron chi connectivity index (χ3n) is 6.38. The van der Waals surface area contributed by atoms with Crippen LogP contribution in [0.2, 0.25) is 0 Å². The summed E-state index contributed by atoms with van der Waals surface area (Å²) < 4.78 is 27.7. The van der Waals surface area contributed by atoms with Gasteiger partial charge in [0.2, 0.25) is 6.29 Å². The Bertz CT molecular complexity index is 1470. The van der Waals surface area contributed by atoms with Crippen molar-refractivity contribution in [1.82, 2.24) is 0 Å². The molecule has 2 amide bonds. The molecule has 0 bridgehead atoms. The number of phenols is 1. The maximum absolute atomic E-state index is 12.7. The van der Waals surface area contributed by atoms with Crippen molar-refractivity contribution in [3.05, 3.63) is 57.9 Å². The van der Waals surface area contributed by atoms with E-state index in [1.54, 1.807) is 20.8 Å². The number of fused-ring (bicyclic) bond motifs is 1. The van der Waals surface area contributed by atoms with Crippen LogP contribution in [0.25, 0.3) is 11.0 Å². The number of rotatable bonds is 6. The molecule has 13 heteroatoms. The molecule has 0 unspecified atom stereocenters. The molecule has 1 saturated heterocycles. The van der Waals surface area contributed by atoms with Crippen molar-refractivity contribution in [3.63, 3.8) is 0 Å². The third kappa shape index (κ3) is 5.32. The van der Waals surface area contributed by atoms with Crippen molar-refractivity contribution in [2.75, 3.05) is 12.4 Å². The van der Waals surface area contributed by atoms with Crippen LogP contribution in [-0.2, 0) is 14.2 Å². The number of amides is 2. The number of nitrogens with two attached hydrogens (primary N) is 1. The highest BCUT2D eigenvalue weighted by Crippen LogP contribution is 2.38. The zero-order valence-corrected chi connectivity index (χ0v) is 21.5. The number of aromatic hydroxyl groups is 2. The summed E-state index contributed by atoms with van der Waals surface area (Å²) in [5, 5.41) is 33.5. The van der Waals surface area contributed by atoms with Crippen LogP contribution in [0.4, 0.5) is 10.5 Å². The van der Waals surface area contributed by atoms with Gasteiger partial charge >= 0.3 is 11.7 Å². The monoisotopic (exact) mass is 544 g/mol. The molecular weight excluding hydrogens is 516 g/mol. The number of benzene rings is 2. The number of aryl methyl sites for hydroxylation is 1. The molecule has 1 aliphatic rings. The highest BCUT2D eigenvalue weighted by atomic mass is 16.7. The fourth-order valence-electron chi connectivity index (χ4n) is 4.47. The van der Waals surface area contributed by atoms with Gasteiger partial charge < -0.3 is 49.7 Å². The molecule has 3 aromatic rings. The van der Waals surface area contributed by atoms with E-state index in [-0.39, 0.29) is 33.6 Å². The summed E-state index contributed by atoms with van der Waals surface area (Å²) in [4.78, 5) is 36.7. The van der Waals surface area contributed by atoms with Crippen LogP contribution in [0, 0.1) is 6.92 Å². The van der Waals surface area contributed by atoms with Crippen molar-refractivity contribution in [1.29, 1.82) is 0 Å². The zero-order valence-electron chi connectivity index (χ0n) is 21.5. The Hall–Kier alpha value is -4.33. The van der Waals surface area contributed by atoms with Gasteiger partial charge in [-0.1, -0.05) is 0 Å². The van der Waals surface area contributed by atoms with Crippen molar-refractivity contribution in [3.8, 4) is 17.2 Å². The van der Waals surface area contributed by atoms with Gasteiger partial charge in [-0.05, 0) is 57.2 Å². The SMILES string of the molecule is CO[C@@H]1[C@@H](OC(N)=O)[C@@H](O)[C@H](Oc2ccc3c(O)c(NC(=O)c4ccc(O)cc4)c(=O)oc3c2C)OC1(C)C. The molecule has 1 fully saturated rings. The molecule has 1 aromatic heterocycles. The first-order valence-electron chi connectivity index (χ1n) is 11.7. The lowest BCUT2D eigenvalue weighted by atomic mass is 9.89. The van der Waals surface area contributed by atoms with Gasteiger partial charge in [-0.15, -0.1) is 0 Å². The Morgan fingerprint density at radius 1 is 1.10 bits per heavy atom. The Labute approximate surface area is 221 Å². The van der Waals surface area contributed by atoms with Gasteiger partial charge in [-0.2, -0.15) is 0 Å². The first-order chi connectivity index (χ1) is 18.3. The van der Waals surface area contributed by atoms with Crippen LogP contribution in [0.3, 0.4) is 0 Å². The summed E-state index contributed by atoms with van der Waals surface area (Å²) >= 11 is 0. The molecule has 0 saturated carbocycles. The molecule has 4 atom stereocenters. The number of methoxy groups -OCH3 is 1. The summed E-state index contributed by atoms with van der Waals surface area (Å²) in [6.07, 6.45) is -6.07. The number of phenolic OH excluding ortho intramolecular Hbond substituents is 1. The number of anilines is 1. The Morgan fingerprint density at radius 2 is 1.77 bits per heavy atom. The molecule has 0 radical (unpaired) electrons. The summed E-state index contributed by atoms with van der Waals surface area (Å²) in [6.45, 7) is 4.85. The van der Waals surface area contributed by atoms with Gasteiger partial charge in [0.1, 0.15) is 23.2 Å². The lowest BCUT2D eigenvalue weighted by Crippen LogP contribution is -2.65. The fourth-order valence-corrected chi connectivity index (χ4v) is 4.47. The number of nitrogens with one attached hydrogen (secondary N) is 1. The molecule has 6 N–H and O–H groups in total. The molecule has 2 heterocycles. The number of carbonyl (C=O) groups excluding carboxylic acids is 2. The summed E-state index contributed by atoms with van der Waals surface area (Å²) in [6, 6.07) is 8.12. The average molecular weight is 545 g/mol. The van der Waals surface area contributed by atoms with Gasteiger partial charge in [0.05, 0.1) is 11.0 Å². The molecular formula is C26H28N2O11. The molecule has 2 aromatic carbocycles. The van der Waals surface area contributed by atoms with E-state index in [1.807, 2.05) is 0 Å². The Morgan fingerprint density at radius 3 is 2.38 bits per heavy atom. The predicted octanol–water partition coefficient (Wildman–Crippen LogP) is 2.12. The molecule has 0 aliphatic carbocycles. The van der Waals surface area contributed by atoms with Crippen LogP contribution in [-0.4, -0.2) is 64.6 Å². The maximum Gasteiger partial charge on any atom is 0.404 e. The van der Waals surface area contributed by atoms with E-state index in [0.717, 1.165) is 0 Å². The van der Waals surface area contributed by atoms with Crippen molar-refractivity contribution in [2.45, 2.75) is 51.0 Å². The van der Waals surface area contributed by atoms with E-state index in [2.05, 4.69) is 5.32 Å². The highest BCUT2D eigenvalue weighted by Gasteiger charge is 2.53. The first-order valence-corrected chi connectivity index (χ1v) is 11.7. The van der Waals surface area contributed by atoms with Crippen molar-refractivity contribution >= 4 is 28.7 Å². The number of ether oxygens (including phenoxy) is 4. The number of aliphatic hydroxyl groups is 1. The van der Waals surface area contributed by atoms with E-state index in [4.69, 9.17) is 29.1 Å². The topological polar surface area (TPSA) is 200 Å². The lowest BCUT2D eigenvalue weighted by molar-refractivity contribution is -0.304. The number of hydrogen-bond acceptors (Lipinski definition) is 11. The number of carbonyl (C=O) groups is 2. The van der Waals surface area contributed by atoms with Crippen LogP contribution in [0.5, 0.6) is 17.2 Å². The predicted molar refractivity (Wildman–Crippen MR) is 136 cm³/mol. The minimum absolute atomic E-state index is 0.0399. The number of aliphatic hydroxyl groups excluding tert-OH is 1. The quantitative estimate of drug-likeness (QED) is 0.285. The summed E-state index contributed by atoms with van der Waals surface area (Å²) in [7, 11) is 1.37. The molecule has 208 valence electrons. The van der Waals surface area contributed by atoms with Crippen LogP contribution < -0.4 is 21.4 Å². The van der Waals surface area contributed by atoms with Gasteiger partial charge in [0, 0.05) is 18.2 Å². The van der Waals surface area contributed by atoms with Crippen molar-refractivity contribution in [2.24, 2.45) is 5.73 Å². The van der Waals surface area contributed by atoms with E-state index >= 15 is 0 Å². The first kappa shape index (κ1) is 27.7. The summed E-state index contributed by atoms with van der Waals surface area (Å²) in [5.41, 5.74) is 2.95. The second-order valence-corrected chi connectivity index (χ2v) is 9.44. The van der Waals surface area contributed by atoms with Gasteiger partial charge in [0.15, 0.2) is 23.6 Å². The standard InChI is InChI=1S/C26H28N2O11/c1-11-15(36-24-18(31)20(38-25(27)34)21(35-4)26(2,3)39-24)10-9-14-17(30)16(23(33)37-19(11)14)28-22(32)12-5-7-13(29)8-6-12/h5-10,18,20-21,24,29-31H,1-4H3,(H2,27,34)(H,28,32)/t18-,20+,21-,24-/m1/s1. The Balaban J connectivity index is 1.65.